The fourth-order valence-electron chi connectivity index (χ4n) is 2.27. The summed E-state index contributed by atoms with van der Waals surface area (Å²) in [5.74, 6) is -0.144. The first-order chi connectivity index (χ1) is 7.12. The van der Waals surface area contributed by atoms with Gasteiger partial charge in [0.2, 0.25) is 0 Å². The minimum atomic E-state index is -0.0865. The van der Waals surface area contributed by atoms with E-state index in [1.165, 1.54) is 6.08 Å². The Hall–Kier alpha value is -0.760. The Balaban J connectivity index is 2.22. The number of hydrogen-bond acceptors (Lipinski definition) is 1. The summed E-state index contributed by atoms with van der Waals surface area (Å²) in [4.78, 5) is 0. The topological polar surface area (TPSA) is 12.0 Å². The van der Waals surface area contributed by atoms with Crippen molar-refractivity contribution in [3.63, 3.8) is 0 Å². The monoisotopic (exact) mass is 227 g/mol. The molecule has 2 aliphatic rings. The van der Waals surface area contributed by atoms with Crippen molar-refractivity contribution in [1.29, 1.82) is 0 Å². The fraction of sp³-hybridized carbons (Fsp3) is 0.500. The molecular formula is C12H15ClFN. The lowest BCUT2D eigenvalue weighted by Crippen LogP contribution is -2.33. The Morgan fingerprint density at radius 1 is 1.60 bits per heavy atom. The number of nitrogens with one attached hydrogen (secondary N) is 1. The Labute approximate surface area is 94.7 Å². The van der Waals surface area contributed by atoms with Crippen molar-refractivity contribution in [1.82, 2.24) is 5.32 Å². The first-order valence-corrected chi connectivity index (χ1v) is 5.63. The van der Waals surface area contributed by atoms with Gasteiger partial charge in [-0.05, 0) is 30.5 Å². The molecule has 1 heterocycles. The molecule has 2 atom stereocenters. The maximum atomic E-state index is 13.8. The van der Waals surface area contributed by atoms with E-state index in [1.54, 1.807) is 0 Å². The average molecular weight is 228 g/mol. The molecule has 0 aromatic heterocycles. The van der Waals surface area contributed by atoms with Gasteiger partial charge in [-0.15, -0.1) is 0 Å². The Kier molecular flexibility index (Phi) is 2.87. The summed E-state index contributed by atoms with van der Waals surface area (Å²) in [5, 5.41) is 3.66. The van der Waals surface area contributed by atoms with Crippen LogP contribution in [0, 0.1) is 11.3 Å². The third kappa shape index (κ3) is 2.10. The Morgan fingerprint density at radius 3 is 3.00 bits per heavy atom. The van der Waals surface area contributed by atoms with E-state index in [1.807, 2.05) is 12.3 Å². The van der Waals surface area contributed by atoms with Gasteiger partial charge in [0.1, 0.15) is 5.83 Å². The van der Waals surface area contributed by atoms with Gasteiger partial charge in [0, 0.05) is 17.5 Å². The van der Waals surface area contributed by atoms with Gasteiger partial charge in [-0.25, -0.2) is 4.39 Å². The van der Waals surface area contributed by atoms with E-state index in [2.05, 4.69) is 18.3 Å². The van der Waals surface area contributed by atoms with Crippen molar-refractivity contribution in [3.05, 3.63) is 35.3 Å². The first-order valence-electron chi connectivity index (χ1n) is 5.26. The number of hydrogen-bond donors (Lipinski definition) is 1. The summed E-state index contributed by atoms with van der Waals surface area (Å²) < 4.78 is 13.8. The second-order valence-electron chi connectivity index (χ2n) is 4.45. The number of allylic oxidation sites excluding steroid dienone is 5. The molecule has 1 aliphatic carbocycles. The summed E-state index contributed by atoms with van der Waals surface area (Å²) in [6, 6.07) is 0. The molecule has 0 radical (unpaired) electrons. The molecule has 82 valence electrons. The molecular weight excluding hydrogens is 213 g/mol. The van der Waals surface area contributed by atoms with Gasteiger partial charge in [0.05, 0.1) is 0 Å². The van der Waals surface area contributed by atoms with Gasteiger partial charge in [-0.1, -0.05) is 30.7 Å². The maximum Gasteiger partial charge on any atom is 0.106 e. The van der Waals surface area contributed by atoms with Crippen molar-refractivity contribution < 1.29 is 4.39 Å². The summed E-state index contributed by atoms with van der Waals surface area (Å²) in [5.41, 5.74) is -0.0834. The third-order valence-corrected chi connectivity index (χ3v) is 3.61. The van der Waals surface area contributed by atoms with E-state index >= 15 is 0 Å². The Bertz CT molecular complexity index is 346. The molecule has 0 fully saturated rings. The second kappa shape index (κ2) is 4.01. The van der Waals surface area contributed by atoms with Crippen LogP contribution in [0.15, 0.2) is 35.3 Å². The number of halogens is 2. The zero-order valence-electron chi connectivity index (χ0n) is 8.76. The highest BCUT2D eigenvalue weighted by Gasteiger charge is 2.36. The molecule has 0 aromatic rings. The summed E-state index contributed by atoms with van der Waals surface area (Å²) in [6.45, 7) is 3.02. The predicted octanol–water partition coefficient (Wildman–Crippen LogP) is 3.50. The molecule has 0 spiro atoms. The summed E-state index contributed by atoms with van der Waals surface area (Å²) >= 11 is 5.78. The lowest BCUT2D eigenvalue weighted by atomic mass is 9.70. The van der Waals surface area contributed by atoms with Crippen molar-refractivity contribution in [2.24, 2.45) is 11.3 Å². The van der Waals surface area contributed by atoms with Gasteiger partial charge >= 0.3 is 0 Å². The molecule has 0 saturated heterocycles. The lowest BCUT2D eigenvalue weighted by molar-refractivity contribution is 0.229. The minimum Gasteiger partial charge on any atom is -0.391 e. The Morgan fingerprint density at radius 2 is 2.40 bits per heavy atom. The van der Waals surface area contributed by atoms with Crippen molar-refractivity contribution in [2.45, 2.75) is 19.8 Å². The van der Waals surface area contributed by atoms with E-state index in [4.69, 9.17) is 11.6 Å². The van der Waals surface area contributed by atoms with Crippen LogP contribution in [0.3, 0.4) is 0 Å². The molecule has 2 rings (SSSR count). The van der Waals surface area contributed by atoms with Crippen molar-refractivity contribution >= 4 is 11.6 Å². The normalized spacial score (nSPS) is 35.5. The van der Waals surface area contributed by atoms with Crippen LogP contribution < -0.4 is 5.32 Å². The van der Waals surface area contributed by atoms with Crippen LogP contribution in [0.25, 0.3) is 0 Å². The zero-order chi connectivity index (χ0) is 10.9. The SMILES string of the molecule is C[C@@]1([C@H]2CC=C(Cl)C=C2F)C=CNCC1. The van der Waals surface area contributed by atoms with Gasteiger partial charge in [0.15, 0.2) is 0 Å². The average Bonchev–Trinajstić information content (AvgIpc) is 2.18. The molecule has 0 unspecified atom stereocenters. The molecule has 1 aliphatic heterocycles. The molecule has 15 heavy (non-hydrogen) atoms. The highest BCUT2D eigenvalue weighted by molar-refractivity contribution is 6.31. The quantitative estimate of drug-likeness (QED) is 0.723. The smallest absolute Gasteiger partial charge is 0.106 e. The first kappa shape index (κ1) is 10.7. The fourth-order valence-corrected chi connectivity index (χ4v) is 2.46. The molecule has 1 N–H and O–H groups in total. The standard InChI is InChI=1S/C12H15ClFN/c1-12(4-6-15-7-5-12)10-3-2-9(13)8-11(10)14/h2,4,6,8,10,15H,3,5,7H2,1H3/t10-,12+/m0/s1. The van der Waals surface area contributed by atoms with E-state index < -0.39 is 0 Å². The predicted molar refractivity (Wildman–Crippen MR) is 61.1 cm³/mol. The molecule has 1 nitrogen and oxygen atoms in total. The van der Waals surface area contributed by atoms with Gasteiger partial charge in [-0.2, -0.15) is 0 Å². The van der Waals surface area contributed by atoms with E-state index in [-0.39, 0.29) is 17.2 Å². The molecule has 0 bridgehead atoms. The molecule has 0 amide bonds. The van der Waals surface area contributed by atoms with Crippen molar-refractivity contribution in [3.8, 4) is 0 Å². The molecule has 0 saturated carbocycles. The van der Waals surface area contributed by atoms with Crippen LogP contribution in [0.4, 0.5) is 4.39 Å². The minimum absolute atomic E-state index is 0.0571. The van der Waals surface area contributed by atoms with Crippen molar-refractivity contribution in [2.75, 3.05) is 6.54 Å². The molecule has 3 heteroatoms. The van der Waals surface area contributed by atoms with E-state index in [0.717, 1.165) is 13.0 Å². The summed E-state index contributed by atoms with van der Waals surface area (Å²) in [6.07, 6.45) is 8.99. The highest BCUT2D eigenvalue weighted by atomic mass is 35.5. The van der Waals surface area contributed by atoms with Crippen LogP contribution >= 0.6 is 11.6 Å². The zero-order valence-corrected chi connectivity index (χ0v) is 9.52. The van der Waals surface area contributed by atoms with Gasteiger partial charge < -0.3 is 5.32 Å². The lowest BCUT2D eigenvalue weighted by Gasteiger charge is -2.37. The third-order valence-electron chi connectivity index (χ3n) is 3.34. The van der Waals surface area contributed by atoms with Gasteiger partial charge in [0.25, 0.3) is 0 Å². The maximum absolute atomic E-state index is 13.8. The summed E-state index contributed by atoms with van der Waals surface area (Å²) in [7, 11) is 0. The van der Waals surface area contributed by atoms with E-state index in [9.17, 15) is 4.39 Å². The van der Waals surface area contributed by atoms with Crippen LogP contribution in [-0.2, 0) is 0 Å². The van der Waals surface area contributed by atoms with Crippen LogP contribution in [0.2, 0.25) is 0 Å². The number of rotatable bonds is 1. The second-order valence-corrected chi connectivity index (χ2v) is 4.89. The van der Waals surface area contributed by atoms with Gasteiger partial charge in [-0.3, -0.25) is 0 Å². The highest BCUT2D eigenvalue weighted by Crippen LogP contribution is 2.43. The molecule has 0 aromatic carbocycles. The van der Waals surface area contributed by atoms with Crippen LogP contribution in [0.1, 0.15) is 19.8 Å². The van der Waals surface area contributed by atoms with Crippen LogP contribution in [0.5, 0.6) is 0 Å². The van der Waals surface area contributed by atoms with E-state index in [0.29, 0.717) is 11.5 Å². The largest absolute Gasteiger partial charge is 0.391 e. The van der Waals surface area contributed by atoms with Crippen LogP contribution in [-0.4, -0.2) is 6.54 Å².